The first kappa shape index (κ1) is 12.9. The van der Waals surface area contributed by atoms with Crippen molar-refractivity contribution >= 4 is 0 Å². The molecule has 0 radical (unpaired) electrons. The summed E-state index contributed by atoms with van der Waals surface area (Å²) < 4.78 is 5.92. The van der Waals surface area contributed by atoms with Crippen LogP contribution in [-0.2, 0) is 6.54 Å². The topological polar surface area (TPSA) is 47.0 Å². The van der Waals surface area contributed by atoms with Crippen molar-refractivity contribution in [3.8, 4) is 5.88 Å². The zero-order valence-electron chi connectivity index (χ0n) is 11.6. The van der Waals surface area contributed by atoms with Crippen LogP contribution in [0.3, 0.4) is 0 Å². The van der Waals surface area contributed by atoms with Crippen LogP contribution in [0.15, 0.2) is 12.4 Å². The monoisotopic (exact) mass is 261 g/mol. The molecular formula is C15H23N3O. The van der Waals surface area contributed by atoms with Crippen molar-refractivity contribution in [2.45, 2.75) is 64.1 Å². The molecule has 2 aliphatic carbocycles. The Morgan fingerprint density at radius 3 is 2.79 bits per heavy atom. The van der Waals surface area contributed by atoms with Gasteiger partial charge in [-0.2, -0.15) is 0 Å². The minimum absolute atomic E-state index is 0.327. The Kier molecular flexibility index (Phi) is 3.97. The zero-order chi connectivity index (χ0) is 13.1. The first-order valence-electron chi connectivity index (χ1n) is 7.50. The van der Waals surface area contributed by atoms with Gasteiger partial charge in [0.25, 0.3) is 0 Å². The number of nitrogens with one attached hydrogen (secondary N) is 1. The van der Waals surface area contributed by atoms with Crippen molar-refractivity contribution in [3.05, 3.63) is 18.1 Å². The van der Waals surface area contributed by atoms with Crippen molar-refractivity contribution < 1.29 is 4.74 Å². The van der Waals surface area contributed by atoms with Crippen LogP contribution in [-0.4, -0.2) is 22.1 Å². The summed E-state index contributed by atoms with van der Waals surface area (Å²) in [6.07, 6.45) is 11.4. The summed E-state index contributed by atoms with van der Waals surface area (Å²) in [5.74, 6) is 1.45. The van der Waals surface area contributed by atoms with E-state index in [-0.39, 0.29) is 0 Å². The highest BCUT2D eigenvalue weighted by Gasteiger charge is 2.21. The Morgan fingerprint density at radius 2 is 2.11 bits per heavy atom. The predicted molar refractivity (Wildman–Crippen MR) is 73.9 cm³/mol. The minimum Gasteiger partial charge on any atom is -0.473 e. The van der Waals surface area contributed by atoms with Gasteiger partial charge in [0.2, 0.25) is 5.88 Å². The lowest BCUT2D eigenvalue weighted by Crippen LogP contribution is -2.24. The molecule has 0 aliphatic heterocycles. The summed E-state index contributed by atoms with van der Waals surface area (Å²) in [5.41, 5.74) is 0.997. The van der Waals surface area contributed by atoms with Gasteiger partial charge in [-0.15, -0.1) is 0 Å². The van der Waals surface area contributed by atoms with E-state index in [1.54, 1.807) is 6.20 Å². The molecule has 0 spiro atoms. The second-order valence-electron chi connectivity index (χ2n) is 6.01. The van der Waals surface area contributed by atoms with Crippen LogP contribution >= 0.6 is 0 Å². The molecule has 19 heavy (non-hydrogen) atoms. The standard InChI is InChI=1S/C15H23N3O/c1-11-3-2-4-14(7-11)19-15-10-17-13(9-18-15)8-16-12-5-6-12/h9-12,14,16H,2-8H2,1H3. The maximum atomic E-state index is 5.92. The minimum atomic E-state index is 0.327. The molecule has 2 atom stereocenters. The molecule has 1 N–H and O–H groups in total. The maximum Gasteiger partial charge on any atom is 0.232 e. The fraction of sp³-hybridized carbons (Fsp3) is 0.733. The molecule has 4 nitrogen and oxygen atoms in total. The smallest absolute Gasteiger partial charge is 0.232 e. The molecule has 1 heterocycles. The van der Waals surface area contributed by atoms with Crippen molar-refractivity contribution in [2.75, 3.05) is 0 Å². The highest BCUT2D eigenvalue weighted by Crippen LogP contribution is 2.26. The molecule has 2 fully saturated rings. The Bertz CT molecular complexity index is 402. The van der Waals surface area contributed by atoms with Crippen LogP contribution in [0.1, 0.15) is 51.1 Å². The van der Waals surface area contributed by atoms with Gasteiger partial charge in [-0.3, -0.25) is 4.98 Å². The van der Waals surface area contributed by atoms with E-state index in [1.807, 2.05) is 6.20 Å². The van der Waals surface area contributed by atoms with Gasteiger partial charge >= 0.3 is 0 Å². The first-order valence-corrected chi connectivity index (χ1v) is 7.50. The number of hydrogen-bond acceptors (Lipinski definition) is 4. The van der Waals surface area contributed by atoms with E-state index in [0.717, 1.165) is 31.0 Å². The number of nitrogens with zero attached hydrogens (tertiary/aromatic N) is 2. The number of ether oxygens (including phenoxy) is 1. The van der Waals surface area contributed by atoms with E-state index in [0.29, 0.717) is 18.0 Å². The molecule has 3 rings (SSSR count). The van der Waals surface area contributed by atoms with Gasteiger partial charge in [0.05, 0.1) is 18.1 Å². The molecule has 1 aromatic rings. The predicted octanol–water partition coefficient (Wildman–Crippen LogP) is 2.69. The Morgan fingerprint density at radius 1 is 1.21 bits per heavy atom. The summed E-state index contributed by atoms with van der Waals surface area (Å²) in [6.45, 7) is 3.12. The van der Waals surface area contributed by atoms with Crippen LogP contribution in [0.4, 0.5) is 0 Å². The average molecular weight is 261 g/mol. The molecule has 2 unspecified atom stereocenters. The fourth-order valence-corrected chi connectivity index (χ4v) is 2.69. The third-order valence-electron chi connectivity index (χ3n) is 4.01. The van der Waals surface area contributed by atoms with Crippen LogP contribution in [0.2, 0.25) is 0 Å². The van der Waals surface area contributed by atoms with Gasteiger partial charge in [-0.05, 0) is 38.0 Å². The number of rotatable bonds is 5. The van der Waals surface area contributed by atoms with E-state index in [9.17, 15) is 0 Å². The fourth-order valence-electron chi connectivity index (χ4n) is 2.69. The summed E-state index contributed by atoms with van der Waals surface area (Å²) in [6, 6.07) is 0.710. The SMILES string of the molecule is CC1CCCC(Oc2cnc(CNC3CC3)cn2)C1. The quantitative estimate of drug-likeness (QED) is 0.885. The lowest BCUT2D eigenvalue weighted by atomic mass is 9.89. The van der Waals surface area contributed by atoms with Gasteiger partial charge in [0, 0.05) is 12.6 Å². The van der Waals surface area contributed by atoms with Crippen molar-refractivity contribution in [1.29, 1.82) is 0 Å². The maximum absolute atomic E-state index is 5.92. The lowest BCUT2D eigenvalue weighted by Gasteiger charge is -2.26. The normalized spacial score (nSPS) is 27.2. The van der Waals surface area contributed by atoms with E-state index >= 15 is 0 Å². The molecule has 0 amide bonds. The number of aromatic nitrogens is 2. The van der Waals surface area contributed by atoms with Crippen molar-refractivity contribution in [3.63, 3.8) is 0 Å². The Labute approximate surface area is 115 Å². The largest absolute Gasteiger partial charge is 0.473 e. The lowest BCUT2D eigenvalue weighted by molar-refractivity contribution is 0.123. The summed E-state index contributed by atoms with van der Waals surface area (Å²) >= 11 is 0. The van der Waals surface area contributed by atoms with E-state index in [2.05, 4.69) is 22.2 Å². The molecule has 0 saturated heterocycles. The first-order chi connectivity index (χ1) is 9.29. The third-order valence-corrected chi connectivity index (χ3v) is 4.01. The van der Waals surface area contributed by atoms with Crippen LogP contribution in [0.25, 0.3) is 0 Å². The Hall–Kier alpha value is -1.16. The summed E-state index contributed by atoms with van der Waals surface area (Å²) in [7, 11) is 0. The highest BCUT2D eigenvalue weighted by molar-refractivity contribution is 5.08. The van der Waals surface area contributed by atoms with Crippen LogP contribution in [0.5, 0.6) is 5.88 Å². The van der Waals surface area contributed by atoms with E-state index in [1.165, 1.54) is 25.7 Å². The number of hydrogen-bond donors (Lipinski definition) is 1. The average Bonchev–Trinajstić information content (AvgIpc) is 3.22. The molecular weight excluding hydrogens is 238 g/mol. The molecule has 1 aromatic heterocycles. The summed E-state index contributed by atoms with van der Waals surface area (Å²) in [4.78, 5) is 8.78. The molecule has 4 heteroatoms. The molecule has 0 bridgehead atoms. The Balaban J connectivity index is 1.50. The van der Waals surface area contributed by atoms with Gasteiger partial charge in [-0.25, -0.2) is 4.98 Å². The van der Waals surface area contributed by atoms with Gasteiger partial charge < -0.3 is 10.1 Å². The van der Waals surface area contributed by atoms with Crippen LogP contribution < -0.4 is 10.1 Å². The second-order valence-corrected chi connectivity index (χ2v) is 6.01. The third kappa shape index (κ3) is 3.90. The van der Waals surface area contributed by atoms with E-state index in [4.69, 9.17) is 4.74 Å². The molecule has 104 valence electrons. The van der Waals surface area contributed by atoms with Crippen LogP contribution in [0, 0.1) is 5.92 Å². The van der Waals surface area contributed by atoms with Gasteiger partial charge in [0.15, 0.2) is 0 Å². The second kappa shape index (κ2) is 5.87. The van der Waals surface area contributed by atoms with Crippen molar-refractivity contribution in [2.24, 2.45) is 5.92 Å². The van der Waals surface area contributed by atoms with Gasteiger partial charge in [-0.1, -0.05) is 13.3 Å². The van der Waals surface area contributed by atoms with Gasteiger partial charge in [0.1, 0.15) is 6.10 Å². The molecule has 0 aromatic carbocycles. The van der Waals surface area contributed by atoms with Crippen molar-refractivity contribution in [1.82, 2.24) is 15.3 Å². The summed E-state index contributed by atoms with van der Waals surface area (Å²) in [5, 5.41) is 3.44. The molecule has 2 aliphatic rings. The molecule has 2 saturated carbocycles. The highest BCUT2D eigenvalue weighted by atomic mass is 16.5. The van der Waals surface area contributed by atoms with E-state index < -0.39 is 0 Å². The zero-order valence-corrected chi connectivity index (χ0v) is 11.6.